The van der Waals surface area contributed by atoms with Crippen molar-refractivity contribution in [1.82, 2.24) is 5.32 Å². The van der Waals surface area contributed by atoms with Gasteiger partial charge in [0.1, 0.15) is 16.8 Å². The van der Waals surface area contributed by atoms with Gasteiger partial charge in [-0.05, 0) is 72.1 Å². The van der Waals surface area contributed by atoms with E-state index in [2.05, 4.69) is 5.32 Å². The number of alkyl halides is 2. The molecule has 1 aromatic carbocycles. The maximum atomic E-state index is 12.6. The van der Waals surface area contributed by atoms with Crippen molar-refractivity contribution in [2.24, 2.45) is 5.90 Å². The van der Waals surface area contributed by atoms with Crippen molar-refractivity contribution in [1.29, 1.82) is 0 Å². The first-order valence-electron chi connectivity index (χ1n) is 11.5. The lowest BCUT2D eigenvalue weighted by Gasteiger charge is -2.31. The highest BCUT2D eigenvalue weighted by Crippen LogP contribution is 2.36. The second-order valence-corrected chi connectivity index (χ2v) is 11.2. The van der Waals surface area contributed by atoms with Crippen LogP contribution in [0.2, 0.25) is 0 Å². The summed E-state index contributed by atoms with van der Waals surface area (Å²) in [6.07, 6.45) is -0.442. The number of nitro groups is 1. The zero-order valence-electron chi connectivity index (χ0n) is 21.7. The maximum absolute atomic E-state index is 12.6. The summed E-state index contributed by atoms with van der Waals surface area (Å²) in [6, 6.07) is 3.58. The fraction of sp³-hybridized carbons (Fsp3) is 0.667. The van der Waals surface area contributed by atoms with E-state index in [1.54, 1.807) is 47.6 Å². The zero-order valence-corrected chi connectivity index (χ0v) is 23.2. The number of esters is 1. The minimum Gasteiger partial charge on any atom is -0.460 e. The molecule has 1 aromatic rings. The summed E-state index contributed by atoms with van der Waals surface area (Å²) >= 11 is 12.0. The summed E-state index contributed by atoms with van der Waals surface area (Å²) in [6.45, 7) is 10.2. The lowest BCUT2D eigenvalue weighted by atomic mass is 9.86. The number of ether oxygens (including phenoxy) is 2. The number of hydrogen-bond donors (Lipinski definition) is 2. The molecule has 1 atom stereocenters. The number of nitrogens with two attached hydrogens (primary N) is 1. The molecule has 0 unspecified atom stereocenters. The quantitative estimate of drug-likeness (QED) is 0.158. The van der Waals surface area contributed by atoms with Crippen molar-refractivity contribution in [3.63, 3.8) is 0 Å². The van der Waals surface area contributed by atoms with Crippen molar-refractivity contribution in [3.05, 3.63) is 39.4 Å². The highest BCUT2D eigenvalue weighted by molar-refractivity contribution is 6.18. The van der Waals surface area contributed by atoms with Crippen molar-refractivity contribution in [3.8, 4) is 0 Å². The number of alkyl carbamates (subject to hydrolysis) is 1. The minimum absolute atomic E-state index is 0.0644. The molecule has 204 valence electrons. The van der Waals surface area contributed by atoms with E-state index in [0.717, 1.165) is 0 Å². The maximum Gasteiger partial charge on any atom is 0.407 e. The minimum atomic E-state index is -1.06. The molecule has 1 amide bonds. The van der Waals surface area contributed by atoms with E-state index in [-0.39, 0.29) is 35.9 Å². The van der Waals surface area contributed by atoms with Crippen LogP contribution in [0.4, 0.5) is 10.5 Å². The van der Waals surface area contributed by atoms with Crippen molar-refractivity contribution >= 4 is 41.0 Å². The molecule has 0 heterocycles. The normalized spacial score (nSPS) is 13.1. The van der Waals surface area contributed by atoms with Gasteiger partial charge in [-0.2, -0.15) is 0 Å². The van der Waals surface area contributed by atoms with Crippen LogP contribution in [0, 0.1) is 10.1 Å². The standard InChI is InChI=1S/C24H37Cl2N3O7/c1-22(2,3)34-20(30)15-18(28-21(31)35-23(4,5)6)14-16-13-17(7-8-19(16)29(32)33)24(36-27,9-11-25)10-12-26/h7-8,13,18H,9-12,14-15,27H2,1-6H3,(H,28,31)/t18-/m0/s1. The molecule has 1 rings (SSSR count). The van der Waals surface area contributed by atoms with Gasteiger partial charge in [0, 0.05) is 35.9 Å². The Morgan fingerprint density at radius 2 is 1.61 bits per heavy atom. The summed E-state index contributed by atoms with van der Waals surface area (Å²) in [5.41, 5.74) is -1.99. The molecule has 0 aromatic heterocycles. The SMILES string of the molecule is CC(C)(C)OC(=O)C[C@H](Cc1cc(C(CCCl)(CCCl)ON)ccc1[N+](=O)[O-])NC(=O)OC(C)(C)C. The lowest BCUT2D eigenvalue weighted by Crippen LogP contribution is -2.42. The monoisotopic (exact) mass is 549 g/mol. The Hall–Kier alpha value is -2.14. The van der Waals surface area contributed by atoms with E-state index < -0.39 is 39.8 Å². The van der Waals surface area contributed by atoms with E-state index >= 15 is 0 Å². The first kappa shape index (κ1) is 31.9. The predicted molar refractivity (Wildman–Crippen MR) is 138 cm³/mol. The Balaban J connectivity index is 3.45. The Morgan fingerprint density at radius 3 is 2.06 bits per heavy atom. The Labute approximate surface area is 222 Å². The van der Waals surface area contributed by atoms with Crippen LogP contribution in [-0.2, 0) is 31.1 Å². The van der Waals surface area contributed by atoms with E-state index in [1.165, 1.54) is 12.1 Å². The van der Waals surface area contributed by atoms with Crippen molar-refractivity contribution in [2.45, 2.75) is 90.1 Å². The third kappa shape index (κ3) is 10.5. The molecule has 0 saturated heterocycles. The van der Waals surface area contributed by atoms with E-state index in [0.29, 0.717) is 18.4 Å². The Morgan fingerprint density at radius 1 is 1.06 bits per heavy atom. The number of nitro benzene ring substituents is 1. The number of carbonyl (C=O) groups excluding carboxylic acids is 2. The number of benzene rings is 1. The number of carbonyl (C=O) groups is 2. The highest BCUT2D eigenvalue weighted by atomic mass is 35.5. The Bertz CT molecular complexity index is 878. The van der Waals surface area contributed by atoms with Crippen LogP contribution < -0.4 is 11.2 Å². The second-order valence-electron chi connectivity index (χ2n) is 10.4. The molecule has 36 heavy (non-hydrogen) atoms. The molecule has 0 saturated carbocycles. The number of nitrogens with one attached hydrogen (secondary N) is 1. The summed E-state index contributed by atoms with van der Waals surface area (Å²) in [7, 11) is 0. The number of nitrogens with zero attached hydrogens (tertiary/aromatic N) is 1. The second kappa shape index (κ2) is 13.4. The van der Waals surface area contributed by atoms with Crippen LogP contribution >= 0.6 is 23.2 Å². The highest BCUT2D eigenvalue weighted by Gasteiger charge is 2.34. The summed E-state index contributed by atoms with van der Waals surface area (Å²) < 4.78 is 10.7. The van der Waals surface area contributed by atoms with E-state index in [4.69, 9.17) is 43.4 Å². The van der Waals surface area contributed by atoms with Crippen LogP contribution in [0.25, 0.3) is 0 Å². The molecule has 0 aliphatic heterocycles. The average Bonchev–Trinajstić information content (AvgIpc) is 2.70. The number of halogens is 2. The van der Waals surface area contributed by atoms with Gasteiger partial charge in [-0.25, -0.2) is 10.7 Å². The molecule has 0 bridgehead atoms. The van der Waals surface area contributed by atoms with Crippen LogP contribution in [0.5, 0.6) is 0 Å². The third-order valence-electron chi connectivity index (χ3n) is 5.04. The summed E-state index contributed by atoms with van der Waals surface area (Å²) in [4.78, 5) is 41.6. The molecule has 10 nitrogen and oxygen atoms in total. The molecular weight excluding hydrogens is 513 g/mol. The van der Waals surface area contributed by atoms with Crippen LogP contribution in [0.15, 0.2) is 18.2 Å². The Kier molecular flexibility index (Phi) is 11.9. The largest absolute Gasteiger partial charge is 0.460 e. The summed E-state index contributed by atoms with van der Waals surface area (Å²) in [5, 5.41) is 14.5. The zero-order chi connectivity index (χ0) is 27.7. The molecule has 3 N–H and O–H groups in total. The van der Waals surface area contributed by atoms with Gasteiger partial charge in [0.2, 0.25) is 0 Å². The molecule has 0 aliphatic rings. The first-order valence-corrected chi connectivity index (χ1v) is 12.6. The lowest BCUT2D eigenvalue weighted by molar-refractivity contribution is -0.385. The van der Waals surface area contributed by atoms with Crippen LogP contribution in [0.3, 0.4) is 0 Å². The molecule has 0 radical (unpaired) electrons. The van der Waals surface area contributed by atoms with Crippen molar-refractivity contribution < 1.29 is 28.8 Å². The van der Waals surface area contributed by atoms with Gasteiger partial charge in [-0.1, -0.05) is 0 Å². The number of rotatable bonds is 12. The predicted octanol–water partition coefficient (Wildman–Crippen LogP) is 5.11. The molecule has 0 aliphatic carbocycles. The average molecular weight is 550 g/mol. The van der Waals surface area contributed by atoms with Gasteiger partial charge < -0.3 is 14.8 Å². The smallest absolute Gasteiger partial charge is 0.407 e. The fourth-order valence-electron chi connectivity index (χ4n) is 3.61. The van der Waals surface area contributed by atoms with Gasteiger partial charge in [-0.15, -0.1) is 23.2 Å². The van der Waals surface area contributed by atoms with E-state index in [9.17, 15) is 19.7 Å². The molecule has 0 fully saturated rings. The van der Waals surface area contributed by atoms with Gasteiger partial charge in [0.05, 0.1) is 11.3 Å². The summed E-state index contributed by atoms with van der Waals surface area (Å²) in [5.74, 6) is 5.47. The molecular formula is C24H37Cl2N3O7. The molecule has 0 spiro atoms. The first-order chi connectivity index (χ1) is 16.6. The number of amides is 1. The van der Waals surface area contributed by atoms with E-state index in [1.807, 2.05) is 0 Å². The topological polar surface area (TPSA) is 143 Å². The van der Waals surface area contributed by atoms with Gasteiger partial charge >= 0.3 is 12.1 Å². The number of hydrogen-bond acceptors (Lipinski definition) is 8. The van der Waals surface area contributed by atoms with Crippen LogP contribution in [-0.4, -0.2) is 46.0 Å². The van der Waals surface area contributed by atoms with Gasteiger partial charge in [0.15, 0.2) is 0 Å². The fourth-order valence-corrected chi connectivity index (χ4v) is 4.22. The van der Waals surface area contributed by atoms with Crippen LogP contribution in [0.1, 0.15) is 71.9 Å². The van der Waals surface area contributed by atoms with Gasteiger partial charge in [0.25, 0.3) is 5.69 Å². The molecule has 12 heteroatoms. The van der Waals surface area contributed by atoms with Crippen molar-refractivity contribution in [2.75, 3.05) is 11.8 Å². The third-order valence-corrected chi connectivity index (χ3v) is 5.42. The van der Waals surface area contributed by atoms with Gasteiger partial charge in [-0.3, -0.25) is 19.7 Å².